The molecule has 0 aromatic heterocycles. The van der Waals surface area contributed by atoms with Crippen LogP contribution < -0.4 is 5.32 Å². The van der Waals surface area contributed by atoms with Gasteiger partial charge >= 0.3 is 0 Å². The maximum Gasteiger partial charge on any atom is 0.237 e. The number of nitrogens with zero attached hydrogens (tertiary/aromatic N) is 2. The van der Waals surface area contributed by atoms with Gasteiger partial charge in [-0.3, -0.25) is 9.69 Å². The Morgan fingerprint density at radius 2 is 2.00 bits per heavy atom. The second-order valence-electron chi connectivity index (χ2n) is 5.46. The van der Waals surface area contributed by atoms with Crippen molar-refractivity contribution < 1.29 is 13.2 Å². The van der Waals surface area contributed by atoms with E-state index in [1.807, 2.05) is 18.9 Å². The number of sulfone groups is 1. The van der Waals surface area contributed by atoms with Gasteiger partial charge in [0, 0.05) is 31.7 Å². The van der Waals surface area contributed by atoms with Crippen LogP contribution in [0.4, 0.5) is 0 Å². The topological polar surface area (TPSA) is 69.7 Å². The van der Waals surface area contributed by atoms with Crippen LogP contribution in [0.25, 0.3) is 0 Å². The van der Waals surface area contributed by atoms with E-state index in [0.717, 1.165) is 13.1 Å². The molecule has 1 atom stereocenters. The van der Waals surface area contributed by atoms with Gasteiger partial charge in [-0.25, -0.2) is 8.42 Å². The zero-order valence-electron chi connectivity index (χ0n) is 11.6. The minimum atomic E-state index is -2.94. The summed E-state index contributed by atoms with van der Waals surface area (Å²) in [5, 5.41) is 3.18. The van der Waals surface area contributed by atoms with E-state index < -0.39 is 9.84 Å². The number of rotatable bonds is 5. The second-order valence-corrected chi connectivity index (χ2v) is 7.69. The number of carbonyl (C=O) groups is 1. The van der Waals surface area contributed by atoms with E-state index in [9.17, 15) is 13.2 Å². The lowest BCUT2D eigenvalue weighted by Gasteiger charge is -2.37. The van der Waals surface area contributed by atoms with E-state index in [0.29, 0.717) is 25.6 Å². The number of likely N-dealkylation sites (N-methyl/N-ethyl adjacent to an activating group) is 2. The van der Waals surface area contributed by atoms with Gasteiger partial charge < -0.3 is 10.2 Å². The van der Waals surface area contributed by atoms with Gasteiger partial charge in [-0.1, -0.05) is 0 Å². The highest BCUT2D eigenvalue weighted by Crippen LogP contribution is 2.18. The van der Waals surface area contributed by atoms with Crippen LogP contribution in [0.1, 0.15) is 13.3 Å². The van der Waals surface area contributed by atoms with Gasteiger partial charge in [0.1, 0.15) is 0 Å². The van der Waals surface area contributed by atoms with Gasteiger partial charge in [-0.15, -0.1) is 0 Å². The van der Waals surface area contributed by atoms with Gasteiger partial charge in [-0.05, 0) is 20.4 Å². The second kappa shape index (κ2) is 5.76. The van der Waals surface area contributed by atoms with Gasteiger partial charge in [0.05, 0.1) is 18.1 Å². The Kier molecular flexibility index (Phi) is 4.47. The predicted octanol–water partition coefficient (Wildman–Crippen LogP) is -1.07. The van der Waals surface area contributed by atoms with Crippen LogP contribution in [-0.2, 0) is 14.6 Å². The third kappa shape index (κ3) is 3.46. The fourth-order valence-electron chi connectivity index (χ4n) is 2.68. The van der Waals surface area contributed by atoms with Gasteiger partial charge in [-0.2, -0.15) is 0 Å². The van der Waals surface area contributed by atoms with E-state index >= 15 is 0 Å². The maximum absolute atomic E-state index is 12.3. The molecule has 6 nitrogen and oxygen atoms in total. The average Bonchev–Trinajstić information content (AvgIpc) is 2.56. The smallest absolute Gasteiger partial charge is 0.237 e. The van der Waals surface area contributed by atoms with Crippen LogP contribution in [0, 0.1) is 0 Å². The number of hydrogen-bond donors (Lipinski definition) is 1. The fourth-order valence-corrected chi connectivity index (χ4v) is 4.41. The van der Waals surface area contributed by atoms with Crippen molar-refractivity contribution in [1.29, 1.82) is 0 Å². The fraction of sp³-hybridized carbons (Fsp3) is 0.917. The molecule has 0 aliphatic carbocycles. The Bertz CT molecular complexity index is 434. The summed E-state index contributed by atoms with van der Waals surface area (Å²) in [6.45, 7) is 4.71. The molecule has 1 unspecified atom stereocenters. The summed E-state index contributed by atoms with van der Waals surface area (Å²) < 4.78 is 23.0. The van der Waals surface area contributed by atoms with Crippen LogP contribution in [-0.4, -0.2) is 80.9 Å². The summed E-state index contributed by atoms with van der Waals surface area (Å²) in [6, 6.07) is 0.297. The third-order valence-electron chi connectivity index (χ3n) is 4.08. The summed E-state index contributed by atoms with van der Waals surface area (Å²) in [5.41, 5.74) is 0. The van der Waals surface area contributed by atoms with Gasteiger partial charge in [0.2, 0.25) is 5.91 Å². The molecule has 2 fully saturated rings. The molecule has 0 aromatic carbocycles. The first-order chi connectivity index (χ1) is 8.93. The zero-order valence-corrected chi connectivity index (χ0v) is 12.4. The van der Waals surface area contributed by atoms with Crippen LogP contribution >= 0.6 is 0 Å². The predicted molar refractivity (Wildman–Crippen MR) is 73.7 cm³/mol. The molecule has 0 aromatic rings. The quantitative estimate of drug-likeness (QED) is 0.698. The van der Waals surface area contributed by atoms with Crippen molar-refractivity contribution >= 4 is 15.7 Å². The first-order valence-electron chi connectivity index (χ1n) is 6.84. The first kappa shape index (κ1) is 14.7. The van der Waals surface area contributed by atoms with Gasteiger partial charge in [0.15, 0.2) is 9.84 Å². The van der Waals surface area contributed by atoms with Crippen molar-refractivity contribution in [2.45, 2.75) is 25.4 Å². The van der Waals surface area contributed by atoms with Crippen molar-refractivity contribution in [2.75, 3.05) is 44.7 Å². The molecular formula is C12H23N3O3S. The number of nitrogens with one attached hydrogen (secondary N) is 1. The lowest BCUT2D eigenvalue weighted by atomic mass is 10.1. The lowest BCUT2D eigenvalue weighted by molar-refractivity contribution is -0.134. The molecule has 2 saturated heterocycles. The molecule has 0 spiro atoms. The molecule has 0 radical (unpaired) electrons. The molecule has 1 amide bonds. The molecule has 2 rings (SSSR count). The van der Waals surface area contributed by atoms with Gasteiger partial charge in [0.25, 0.3) is 0 Å². The number of amides is 1. The van der Waals surface area contributed by atoms with Crippen molar-refractivity contribution in [3.05, 3.63) is 0 Å². The van der Waals surface area contributed by atoms with Crippen molar-refractivity contribution in [3.8, 4) is 0 Å². The minimum Gasteiger partial charge on any atom is -0.338 e. The zero-order chi connectivity index (χ0) is 14.0. The molecule has 7 heteroatoms. The summed E-state index contributed by atoms with van der Waals surface area (Å²) in [6.07, 6.45) is 0.580. The summed E-state index contributed by atoms with van der Waals surface area (Å²) in [4.78, 5) is 16.1. The van der Waals surface area contributed by atoms with Crippen LogP contribution in [0.3, 0.4) is 0 Å². The van der Waals surface area contributed by atoms with Crippen LogP contribution in [0.15, 0.2) is 0 Å². The molecule has 0 bridgehead atoms. The minimum absolute atomic E-state index is 0.0407. The van der Waals surface area contributed by atoms with E-state index in [-0.39, 0.29) is 23.5 Å². The summed E-state index contributed by atoms with van der Waals surface area (Å²) in [7, 11) is -0.993. The largest absolute Gasteiger partial charge is 0.338 e. The molecule has 19 heavy (non-hydrogen) atoms. The van der Waals surface area contributed by atoms with E-state index in [4.69, 9.17) is 0 Å². The molecule has 0 saturated carbocycles. The normalized spacial score (nSPS) is 26.4. The van der Waals surface area contributed by atoms with E-state index in [1.54, 1.807) is 4.90 Å². The molecule has 110 valence electrons. The van der Waals surface area contributed by atoms with E-state index in [2.05, 4.69) is 5.32 Å². The standard InChI is InChI=1S/C12H23N3O3S/c1-3-15(10-4-5-19(17,18)9-10)12(16)8-14(2)11-6-13-7-11/h10-11,13H,3-9H2,1-2H3. The molecule has 2 aliphatic heterocycles. The summed E-state index contributed by atoms with van der Waals surface area (Å²) in [5.74, 6) is 0.379. The highest BCUT2D eigenvalue weighted by molar-refractivity contribution is 7.91. The summed E-state index contributed by atoms with van der Waals surface area (Å²) >= 11 is 0. The first-order valence-corrected chi connectivity index (χ1v) is 8.66. The molecule has 2 aliphatic rings. The maximum atomic E-state index is 12.3. The van der Waals surface area contributed by atoms with Crippen molar-refractivity contribution in [3.63, 3.8) is 0 Å². The monoisotopic (exact) mass is 289 g/mol. The highest BCUT2D eigenvalue weighted by atomic mass is 32.2. The Hall–Kier alpha value is -0.660. The van der Waals surface area contributed by atoms with Crippen molar-refractivity contribution in [2.24, 2.45) is 0 Å². The average molecular weight is 289 g/mol. The number of hydrogen-bond acceptors (Lipinski definition) is 5. The highest BCUT2D eigenvalue weighted by Gasteiger charge is 2.34. The number of carbonyl (C=O) groups excluding carboxylic acids is 1. The Morgan fingerprint density at radius 1 is 1.32 bits per heavy atom. The third-order valence-corrected chi connectivity index (χ3v) is 5.83. The van der Waals surface area contributed by atoms with Crippen LogP contribution in [0.2, 0.25) is 0 Å². The lowest BCUT2D eigenvalue weighted by Crippen LogP contribution is -2.58. The Balaban J connectivity index is 1.91. The van der Waals surface area contributed by atoms with Crippen molar-refractivity contribution in [1.82, 2.24) is 15.1 Å². The molecular weight excluding hydrogens is 266 g/mol. The van der Waals surface area contributed by atoms with E-state index in [1.165, 1.54) is 0 Å². The molecule has 2 heterocycles. The Morgan fingerprint density at radius 3 is 2.42 bits per heavy atom. The Labute approximate surface area is 115 Å². The SMILES string of the molecule is CCN(C(=O)CN(C)C1CNC1)C1CCS(=O)(=O)C1. The van der Waals surface area contributed by atoms with Crippen LogP contribution in [0.5, 0.6) is 0 Å². The molecule has 1 N–H and O–H groups in total.